The number of ether oxygens (including phenoxy) is 2. The molecule has 2 amide bonds. The highest BCUT2D eigenvalue weighted by molar-refractivity contribution is 5.97. The highest BCUT2D eigenvalue weighted by Crippen LogP contribution is 2.29. The topological polar surface area (TPSA) is 111 Å². The van der Waals surface area contributed by atoms with Crippen molar-refractivity contribution in [2.45, 2.75) is 72.8 Å². The van der Waals surface area contributed by atoms with E-state index in [4.69, 9.17) is 9.47 Å². The van der Waals surface area contributed by atoms with E-state index in [1.807, 2.05) is 58.0 Å². The van der Waals surface area contributed by atoms with Gasteiger partial charge in [0.25, 0.3) is 5.91 Å². The molecule has 2 rings (SSSR count). The Bertz CT molecular complexity index is 837. The smallest absolute Gasteiger partial charge is 0.329 e. The van der Waals surface area contributed by atoms with Crippen LogP contribution in [0.2, 0.25) is 0 Å². The first-order chi connectivity index (χ1) is 15.5. The van der Waals surface area contributed by atoms with E-state index < -0.39 is 47.9 Å². The molecule has 1 fully saturated rings. The van der Waals surface area contributed by atoms with Crippen molar-refractivity contribution in [2.24, 2.45) is 23.7 Å². The standard InChI is InChI=1S/C25H36N2O6/c1-14(2)12-18-21(33-24(18)30)23(29)26-19(15(3)4)22(28)27-20(16(5)6)25(31)32-13-17-10-8-7-9-11-17/h7-11,14-16,18-21H,12-13H2,1-6H3,(H,26,29)(H,27,28). The quantitative estimate of drug-likeness (QED) is 0.491. The molecular weight excluding hydrogens is 424 g/mol. The van der Waals surface area contributed by atoms with Crippen LogP contribution in [0.15, 0.2) is 30.3 Å². The van der Waals surface area contributed by atoms with Crippen molar-refractivity contribution in [3.05, 3.63) is 35.9 Å². The molecule has 182 valence electrons. The van der Waals surface area contributed by atoms with E-state index in [0.29, 0.717) is 6.42 Å². The highest BCUT2D eigenvalue weighted by atomic mass is 16.6. The molecule has 0 saturated carbocycles. The van der Waals surface area contributed by atoms with Gasteiger partial charge in [0.15, 0.2) is 6.10 Å². The van der Waals surface area contributed by atoms with Gasteiger partial charge in [-0.2, -0.15) is 0 Å². The fraction of sp³-hybridized carbons (Fsp3) is 0.600. The normalized spacial score (nSPS) is 19.5. The van der Waals surface area contributed by atoms with Crippen molar-refractivity contribution in [1.82, 2.24) is 10.6 Å². The Morgan fingerprint density at radius 2 is 1.55 bits per heavy atom. The zero-order chi connectivity index (χ0) is 24.7. The lowest BCUT2D eigenvalue weighted by atomic mass is 9.87. The number of rotatable bonds is 11. The summed E-state index contributed by atoms with van der Waals surface area (Å²) in [6.45, 7) is 11.2. The second-order valence-electron chi connectivity index (χ2n) is 9.65. The number of carbonyl (C=O) groups excluding carboxylic acids is 4. The molecule has 1 saturated heterocycles. The molecule has 0 radical (unpaired) electrons. The molecule has 1 aliphatic rings. The van der Waals surface area contributed by atoms with Crippen molar-refractivity contribution in [1.29, 1.82) is 0 Å². The van der Waals surface area contributed by atoms with Crippen LogP contribution in [-0.4, -0.2) is 41.9 Å². The van der Waals surface area contributed by atoms with E-state index in [2.05, 4.69) is 10.6 Å². The maximum Gasteiger partial charge on any atom is 0.329 e. The third-order valence-corrected chi connectivity index (χ3v) is 5.58. The molecule has 1 heterocycles. The summed E-state index contributed by atoms with van der Waals surface area (Å²) in [7, 11) is 0. The average Bonchev–Trinajstić information content (AvgIpc) is 2.76. The molecular formula is C25H36N2O6. The summed E-state index contributed by atoms with van der Waals surface area (Å²) in [4.78, 5) is 50.2. The van der Waals surface area contributed by atoms with Gasteiger partial charge in [-0.15, -0.1) is 0 Å². The van der Waals surface area contributed by atoms with Gasteiger partial charge in [0.1, 0.15) is 24.6 Å². The molecule has 4 atom stereocenters. The summed E-state index contributed by atoms with van der Waals surface area (Å²) >= 11 is 0. The SMILES string of the molecule is CC(C)CC1C(=O)OC1C(=O)NC(C(=O)NC(C(=O)OCc1ccccc1)C(C)C)C(C)C. The number of benzene rings is 1. The maximum absolute atomic E-state index is 13.0. The van der Waals surface area contributed by atoms with Crippen LogP contribution in [-0.2, 0) is 35.3 Å². The first-order valence-electron chi connectivity index (χ1n) is 11.5. The van der Waals surface area contributed by atoms with Gasteiger partial charge in [0.05, 0.1) is 0 Å². The number of esters is 2. The number of amides is 2. The zero-order valence-corrected chi connectivity index (χ0v) is 20.3. The molecule has 0 aliphatic carbocycles. The molecule has 8 heteroatoms. The van der Waals surface area contributed by atoms with Gasteiger partial charge in [-0.3, -0.25) is 14.4 Å². The summed E-state index contributed by atoms with van der Waals surface area (Å²) < 4.78 is 10.5. The Morgan fingerprint density at radius 1 is 0.939 bits per heavy atom. The number of hydrogen-bond donors (Lipinski definition) is 2. The molecule has 0 spiro atoms. The second kappa shape index (κ2) is 11.8. The molecule has 4 unspecified atom stereocenters. The molecule has 1 aromatic rings. The Morgan fingerprint density at radius 3 is 2.06 bits per heavy atom. The number of nitrogens with one attached hydrogen (secondary N) is 2. The minimum absolute atomic E-state index is 0.105. The average molecular weight is 461 g/mol. The minimum atomic E-state index is -0.898. The van der Waals surface area contributed by atoms with Gasteiger partial charge in [-0.05, 0) is 29.7 Å². The van der Waals surface area contributed by atoms with Crippen LogP contribution < -0.4 is 10.6 Å². The van der Waals surface area contributed by atoms with E-state index in [-0.39, 0.29) is 24.4 Å². The molecule has 8 nitrogen and oxygen atoms in total. The lowest BCUT2D eigenvalue weighted by molar-refractivity contribution is -0.190. The van der Waals surface area contributed by atoms with Crippen LogP contribution in [0.3, 0.4) is 0 Å². The summed E-state index contributed by atoms with van der Waals surface area (Å²) in [5, 5.41) is 5.43. The second-order valence-corrected chi connectivity index (χ2v) is 9.65. The van der Waals surface area contributed by atoms with Crippen LogP contribution in [0.5, 0.6) is 0 Å². The van der Waals surface area contributed by atoms with Gasteiger partial charge in [0.2, 0.25) is 5.91 Å². The fourth-order valence-electron chi connectivity index (χ4n) is 3.64. The van der Waals surface area contributed by atoms with Crippen molar-refractivity contribution in [2.75, 3.05) is 0 Å². The van der Waals surface area contributed by atoms with Crippen molar-refractivity contribution in [3.8, 4) is 0 Å². The lowest BCUT2D eigenvalue weighted by Gasteiger charge is -2.36. The summed E-state index contributed by atoms with van der Waals surface area (Å²) in [5.41, 5.74) is 0.845. The first kappa shape index (κ1) is 26.4. The Kier molecular flexibility index (Phi) is 9.44. The van der Waals surface area contributed by atoms with E-state index >= 15 is 0 Å². The Hall–Kier alpha value is -2.90. The van der Waals surface area contributed by atoms with E-state index in [9.17, 15) is 19.2 Å². The van der Waals surface area contributed by atoms with Crippen LogP contribution in [0.4, 0.5) is 0 Å². The molecule has 0 bridgehead atoms. The lowest BCUT2D eigenvalue weighted by Crippen LogP contribution is -2.60. The molecule has 1 aliphatic heterocycles. The summed E-state index contributed by atoms with van der Waals surface area (Å²) in [6.07, 6.45) is -0.358. The van der Waals surface area contributed by atoms with Gasteiger partial charge in [-0.25, -0.2) is 4.79 Å². The van der Waals surface area contributed by atoms with E-state index in [1.165, 1.54) is 0 Å². The third-order valence-electron chi connectivity index (χ3n) is 5.58. The highest BCUT2D eigenvalue weighted by Gasteiger charge is 2.48. The number of cyclic esters (lactones) is 1. The zero-order valence-electron chi connectivity index (χ0n) is 20.3. The molecule has 2 N–H and O–H groups in total. The fourth-order valence-corrected chi connectivity index (χ4v) is 3.64. The third kappa shape index (κ3) is 7.30. The predicted octanol–water partition coefficient (Wildman–Crippen LogP) is 2.60. The molecule has 1 aromatic carbocycles. The minimum Gasteiger partial charge on any atom is -0.459 e. The number of hydrogen-bond acceptors (Lipinski definition) is 6. The molecule has 0 aromatic heterocycles. The van der Waals surface area contributed by atoms with Crippen LogP contribution in [0.1, 0.15) is 53.5 Å². The summed E-state index contributed by atoms with van der Waals surface area (Å²) in [5.74, 6) is -2.66. The van der Waals surface area contributed by atoms with Crippen LogP contribution in [0, 0.1) is 23.7 Å². The van der Waals surface area contributed by atoms with Crippen LogP contribution >= 0.6 is 0 Å². The van der Waals surface area contributed by atoms with Crippen molar-refractivity contribution >= 4 is 23.8 Å². The largest absolute Gasteiger partial charge is 0.459 e. The Labute approximate surface area is 195 Å². The van der Waals surface area contributed by atoms with Gasteiger partial charge in [-0.1, -0.05) is 71.9 Å². The van der Waals surface area contributed by atoms with E-state index in [1.54, 1.807) is 13.8 Å². The first-order valence-corrected chi connectivity index (χ1v) is 11.5. The van der Waals surface area contributed by atoms with Crippen LogP contribution in [0.25, 0.3) is 0 Å². The van der Waals surface area contributed by atoms with Gasteiger partial charge < -0.3 is 20.1 Å². The Balaban J connectivity index is 2.00. The predicted molar refractivity (Wildman–Crippen MR) is 123 cm³/mol. The van der Waals surface area contributed by atoms with Crippen molar-refractivity contribution < 1.29 is 28.7 Å². The molecule has 33 heavy (non-hydrogen) atoms. The van der Waals surface area contributed by atoms with Gasteiger partial charge in [0, 0.05) is 0 Å². The van der Waals surface area contributed by atoms with Gasteiger partial charge >= 0.3 is 11.9 Å². The summed E-state index contributed by atoms with van der Waals surface area (Å²) in [6, 6.07) is 7.52. The monoisotopic (exact) mass is 460 g/mol. The van der Waals surface area contributed by atoms with E-state index in [0.717, 1.165) is 5.56 Å². The van der Waals surface area contributed by atoms with Crippen molar-refractivity contribution in [3.63, 3.8) is 0 Å². The number of carbonyl (C=O) groups is 4. The maximum atomic E-state index is 13.0.